The number of pyridine rings is 1. The van der Waals surface area contributed by atoms with Gasteiger partial charge in [-0.3, -0.25) is 4.98 Å². The highest BCUT2D eigenvalue weighted by molar-refractivity contribution is 5.35. The maximum Gasteiger partial charge on any atom is 0.0691 e. The van der Waals surface area contributed by atoms with E-state index in [1.165, 1.54) is 55.3 Å². The number of ether oxygens (including phenoxy) is 2. The molecule has 0 amide bonds. The number of nitrogens with one attached hydrogen (secondary N) is 1. The first kappa shape index (κ1) is 22.1. The molecule has 172 valence electrons. The molecule has 1 saturated heterocycles. The van der Waals surface area contributed by atoms with Crippen LogP contribution in [0.2, 0.25) is 0 Å². The number of fused-ring (bicyclic) bond motifs is 1. The van der Waals surface area contributed by atoms with Crippen LogP contribution in [0.3, 0.4) is 0 Å². The smallest absolute Gasteiger partial charge is 0.0691 e. The third-order valence-corrected chi connectivity index (χ3v) is 8.35. The van der Waals surface area contributed by atoms with Gasteiger partial charge in [-0.1, -0.05) is 43.2 Å². The van der Waals surface area contributed by atoms with Crippen molar-refractivity contribution >= 4 is 0 Å². The van der Waals surface area contributed by atoms with Gasteiger partial charge in [-0.15, -0.1) is 0 Å². The predicted octanol–water partition coefficient (Wildman–Crippen LogP) is 5.69. The lowest BCUT2D eigenvalue weighted by atomic mass is 9.68. The number of benzene rings is 1. The predicted molar refractivity (Wildman–Crippen MR) is 128 cm³/mol. The molecular weight excluding hydrogens is 396 g/mol. The van der Waals surface area contributed by atoms with E-state index in [2.05, 4.69) is 41.7 Å². The standard InChI is InChI=1S/C28H38N2O2/c1-31-20-22-11-12-25(24-9-3-2-8-23(22)24)29-18-15-27(26-10-4-7-17-30-26)16-19-32-28(21-27)13-5-6-14-28/h2-4,7-10,17,22,25,29H,5-6,11-16,18-21H2,1H3/t22-,25-,27+/m0/s1. The van der Waals surface area contributed by atoms with Crippen LogP contribution in [0, 0.1) is 0 Å². The molecule has 2 heterocycles. The lowest BCUT2D eigenvalue weighted by Crippen LogP contribution is -2.47. The van der Waals surface area contributed by atoms with Gasteiger partial charge < -0.3 is 14.8 Å². The Kier molecular flexibility index (Phi) is 6.64. The topological polar surface area (TPSA) is 43.4 Å². The van der Waals surface area contributed by atoms with Gasteiger partial charge in [0, 0.05) is 43.0 Å². The van der Waals surface area contributed by atoms with Gasteiger partial charge >= 0.3 is 0 Å². The highest BCUT2D eigenvalue weighted by Crippen LogP contribution is 2.49. The quantitative estimate of drug-likeness (QED) is 0.608. The Balaban J connectivity index is 1.32. The molecule has 32 heavy (non-hydrogen) atoms. The molecule has 1 N–H and O–H groups in total. The normalized spacial score (nSPS) is 29.2. The maximum atomic E-state index is 6.42. The molecule has 1 spiro atoms. The van der Waals surface area contributed by atoms with Gasteiger partial charge in [0.25, 0.3) is 0 Å². The van der Waals surface area contributed by atoms with E-state index in [1.807, 2.05) is 19.4 Å². The minimum absolute atomic E-state index is 0.0839. The molecule has 4 nitrogen and oxygen atoms in total. The second-order valence-electron chi connectivity index (χ2n) is 10.3. The van der Waals surface area contributed by atoms with Crippen molar-refractivity contribution in [3.8, 4) is 0 Å². The molecule has 0 unspecified atom stereocenters. The van der Waals surface area contributed by atoms with Crippen LogP contribution in [0.15, 0.2) is 48.7 Å². The van der Waals surface area contributed by atoms with E-state index in [0.717, 1.165) is 39.0 Å². The summed E-state index contributed by atoms with van der Waals surface area (Å²) in [6, 6.07) is 15.8. The molecule has 1 aromatic carbocycles. The molecule has 2 aromatic rings. The van der Waals surface area contributed by atoms with Gasteiger partial charge in [-0.25, -0.2) is 0 Å². The molecule has 1 aromatic heterocycles. The number of hydrogen-bond donors (Lipinski definition) is 1. The van der Waals surface area contributed by atoms with Crippen LogP contribution in [0.1, 0.15) is 86.6 Å². The Labute approximate surface area is 193 Å². The minimum Gasteiger partial charge on any atom is -0.384 e. The molecular formula is C28H38N2O2. The van der Waals surface area contributed by atoms with Gasteiger partial charge in [0.05, 0.1) is 12.2 Å². The summed E-state index contributed by atoms with van der Waals surface area (Å²) in [5, 5.41) is 3.95. The molecule has 5 rings (SSSR count). The second kappa shape index (κ2) is 9.62. The molecule has 3 aliphatic rings. The van der Waals surface area contributed by atoms with Crippen LogP contribution >= 0.6 is 0 Å². The number of aromatic nitrogens is 1. The molecule has 3 atom stereocenters. The first-order valence-electron chi connectivity index (χ1n) is 12.6. The lowest BCUT2D eigenvalue weighted by molar-refractivity contribution is -0.104. The molecule has 0 radical (unpaired) electrons. The second-order valence-corrected chi connectivity index (χ2v) is 10.3. The highest BCUT2D eigenvalue weighted by atomic mass is 16.5. The minimum atomic E-state index is 0.0839. The summed E-state index contributed by atoms with van der Waals surface area (Å²) >= 11 is 0. The van der Waals surface area contributed by atoms with E-state index in [0.29, 0.717) is 12.0 Å². The van der Waals surface area contributed by atoms with Gasteiger partial charge in [-0.05, 0) is 74.8 Å². The molecule has 1 saturated carbocycles. The van der Waals surface area contributed by atoms with Crippen LogP contribution in [0.5, 0.6) is 0 Å². The van der Waals surface area contributed by atoms with Crippen molar-refractivity contribution in [2.24, 2.45) is 0 Å². The summed E-state index contributed by atoms with van der Waals surface area (Å²) in [7, 11) is 1.81. The monoisotopic (exact) mass is 434 g/mol. The first-order valence-corrected chi connectivity index (χ1v) is 12.6. The van der Waals surface area contributed by atoms with Gasteiger partial charge in [0.2, 0.25) is 0 Å². The zero-order chi connectivity index (χ0) is 21.9. The zero-order valence-electron chi connectivity index (χ0n) is 19.5. The van der Waals surface area contributed by atoms with Crippen LogP contribution in [-0.4, -0.2) is 37.5 Å². The van der Waals surface area contributed by atoms with Crippen LogP contribution < -0.4 is 5.32 Å². The van der Waals surface area contributed by atoms with Crippen LogP contribution in [0.4, 0.5) is 0 Å². The van der Waals surface area contributed by atoms with E-state index in [1.54, 1.807) is 0 Å². The summed E-state index contributed by atoms with van der Waals surface area (Å²) in [4.78, 5) is 4.86. The largest absolute Gasteiger partial charge is 0.384 e. The summed E-state index contributed by atoms with van der Waals surface area (Å²) in [6.07, 6.45) is 12.7. The van der Waals surface area contributed by atoms with Crippen molar-refractivity contribution in [3.63, 3.8) is 0 Å². The van der Waals surface area contributed by atoms with Crippen LogP contribution in [0.25, 0.3) is 0 Å². The number of rotatable bonds is 7. The fraction of sp³-hybridized carbons (Fsp3) is 0.607. The summed E-state index contributed by atoms with van der Waals surface area (Å²) < 4.78 is 11.9. The Morgan fingerprint density at radius 3 is 2.62 bits per heavy atom. The van der Waals surface area contributed by atoms with Crippen molar-refractivity contribution in [1.82, 2.24) is 10.3 Å². The van der Waals surface area contributed by atoms with Crippen molar-refractivity contribution in [2.45, 2.75) is 80.8 Å². The summed E-state index contributed by atoms with van der Waals surface area (Å²) in [5.74, 6) is 0.520. The summed E-state index contributed by atoms with van der Waals surface area (Å²) in [6.45, 7) is 2.69. The van der Waals surface area contributed by atoms with Crippen molar-refractivity contribution in [2.75, 3.05) is 26.9 Å². The van der Waals surface area contributed by atoms with Gasteiger partial charge in [0.1, 0.15) is 0 Å². The fourth-order valence-electron chi connectivity index (χ4n) is 6.75. The summed E-state index contributed by atoms with van der Waals surface area (Å²) in [5.41, 5.74) is 4.39. The maximum absolute atomic E-state index is 6.42. The van der Waals surface area contributed by atoms with Crippen molar-refractivity contribution in [3.05, 3.63) is 65.5 Å². The average Bonchev–Trinajstić information content (AvgIpc) is 3.28. The molecule has 0 bridgehead atoms. The Bertz CT molecular complexity index is 880. The van der Waals surface area contributed by atoms with Gasteiger partial charge in [0.15, 0.2) is 0 Å². The zero-order valence-corrected chi connectivity index (χ0v) is 19.5. The highest BCUT2D eigenvalue weighted by Gasteiger charge is 2.48. The Morgan fingerprint density at radius 2 is 1.84 bits per heavy atom. The lowest BCUT2D eigenvalue weighted by Gasteiger charge is -2.46. The van der Waals surface area contributed by atoms with E-state index in [9.17, 15) is 0 Å². The number of nitrogens with zero attached hydrogens (tertiary/aromatic N) is 1. The third-order valence-electron chi connectivity index (χ3n) is 8.35. The van der Waals surface area contributed by atoms with E-state index >= 15 is 0 Å². The Hall–Kier alpha value is -1.75. The SMILES string of the molecule is COC[C@@H]1CC[C@H](NCC[C@@]2(c3ccccn3)CCOC3(CCCC3)C2)c2ccccc21. The van der Waals surface area contributed by atoms with E-state index in [4.69, 9.17) is 14.5 Å². The fourth-order valence-corrected chi connectivity index (χ4v) is 6.75. The van der Waals surface area contributed by atoms with Gasteiger partial charge in [-0.2, -0.15) is 0 Å². The number of hydrogen-bond acceptors (Lipinski definition) is 4. The van der Waals surface area contributed by atoms with E-state index < -0.39 is 0 Å². The molecule has 2 aliphatic carbocycles. The van der Waals surface area contributed by atoms with Crippen molar-refractivity contribution < 1.29 is 9.47 Å². The van der Waals surface area contributed by atoms with E-state index in [-0.39, 0.29) is 11.0 Å². The molecule has 4 heteroatoms. The Morgan fingerprint density at radius 1 is 1.03 bits per heavy atom. The average molecular weight is 435 g/mol. The van der Waals surface area contributed by atoms with Crippen LogP contribution in [-0.2, 0) is 14.9 Å². The van der Waals surface area contributed by atoms with Crippen molar-refractivity contribution in [1.29, 1.82) is 0 Å². The first-order chi connectivity index (χ1) is 15.7. The number of methoxy groups -OCH3 is 1. The third kappa shape index (κ3) is 4.37. The molecule has 2 fully saturated rings. The molecule has 1 aliphatic heterocycles.